The zero-order valence-corrected chi connectivity index (χ0v) is 23.9. The van der Waals surface area contributed by atoms with E-state index in [1.807, 2.05) is 60.7 Å². The predicted molar refractivity (Wildman–Crippen MR) is 149 cm³/mol. The van der Waals surface area contributed by atoms with E-state index in [-0.39, 0.29) is 63.3 Å². The van der Waals surface area contributed by atoms with Gasteiger partial charge in [-0.15, -0.1) is 0 Å². The fourth-order valence-corrected chi connectivity index (χ4v) is 4.00. The molecule has 2 rings (SSSR count). The second kappa shape index (κ2) is 16.3. The van der Waals surface area contributed by atoms with Gasteiger partial charge in [-0.2, -0.15) is 0 Å². The third kappa shape index (κ3) is 13.3. The van der Waals surface area contributed by atoms with E-state index >= 15 is 0 Å². The molecule has 0 amide bonds. The van der Waals surface area contributed by atoms with Crippen LogP contribution in [0, 0.1) is 11.8 Å². The molecule has 0 aliphatic carbocycles. The number of esters is 3. The number of Topliss-reactive ketones (excluding diaryl/α,β-unsaturated/α-hetero) is 2. The Kier molecular flexibility index (Phi) is 13.2. The van der Waals surface area contributed by atoms with Crippen LogP contribution in [0.1, 0.15) is 77.3 Å². The topological polar surface area (TPSA) is 113 Å². The lowest BCUT2D eigenvalue weighted by Gasteiger charge is -2.23. The molecule has 0 spiro atoms. The number of benzene rings is 2. The van der Waals surface area contributed by atoms with Crippen molar-refractivity contribution >= 4 is 29.5 Å². The Morgan fingerprint density at radius 2 is 1.20 bits per heavy atom. The van der Waals surface area contributed by atoms with Gasteiger partial charge in [-0.3, -0.25) is 19.2 Å². The summed E-state index contributed by atoms with van der Waals surface area (Å²) in [5.41, 5.74) is 0.891. The van der Waals surface area contributed by atoms with Gasteiger partial charge in [0, 0.05) is 25.2 Å². The van der Waals surface area contributed by atoms with Gasteiger partial charge in [0.25, 0.3) is 0 Å². The minimum absolute atomic E-state index is 0.0223. The van der Waals surface area contributed by atoms with Gasteiger partial charge in [0.1, 0.15) is 30.4 Å². The molecule has 0 heterocycles. The average Bonchev–Trinajstić information content (AvgIpc) is 2.90. The summed E-state index contributed by atoms with van der Waals surface area (Å²) >= 11 is 0. The molecule has 0 aliphatic rings. The van der Waals surface area contributed by atoms with Crippen LogP contribution in [0.5, 0.6) is 0 Å². The lowest BCUT2D eigenvalue weighted by Crippen LogP contribution is -2.30. The molecule has 0 N–H and O–H groups in total. The van der Waals surface area contributed by atoms with E-state index in [4.69, 9.17) is 14.2 Å². The van der Waals surface area contributed by atoms with Crippen LogP contribution in [-0.2, 0) is 51.4 Å². The Bertz CT molecular complexity index is 1120. The largest absolute Gasteiger partial charge is 0.461 e. The highest BCUT2D eigenvalue weighted by Crippen LogP contribution is 2.24. The summed E-state index contributed by atoms with van der Waals surface area (Å²) in [6, 6.07) is 18.3. The van der Waals surface area contributed by atoms with Crippen LogP contribution >= 0.6 is 0 Å². The van der Waals surface area contributed by atoms with Gasteiger partial charge in [-0.1, -0.05) is 60.7 Å². The van der Waals surface area contributed by atoms with Crippen LogP contribution in [0.25, 0.3) is 0 Å². The van der Waals surface area contributed by atoms with Crippen molar-refractivity contribution in [3.8, 4) is 0 Å². The molecule has 0 saturated carbocycles. The smallest absolute Gasteiger partial charge is 0.309 e. The lowest BCUT2D eigenvalue weighted by molar-refractivity contribution is -0.157. The van der Waals surface area contributed by atoms with Crippen molar-refractivity contribution in [3.05, 3.63) is 71.8 Å². The van der Waals surface area contributed by atoms with E-state index < -0.39 is 35.3 Å². The Balaban J connectivity index is 2.09. The number of carbonyl (C=O) groups is 5. The molecule has 40 heavy (non-hydrogen) atoms. The van der Waals surface area contributed by atoms with Gasteiger partial charge in [0.05, 0.1) is 12.3 Å². The molecule has 8 nitrogen and oxygen atoms in total. The molecular formula is C32H40O8. The maximum absolute atomic E-state index is 13.4. The highest BCUT2D eigenvalue weighted by atomic mass is 16.6. The van der Waals surface area contributed by atoms with E-state index in [0.29, 0.717) is 0 Å². The van der Waals surface area contributed by atoms with Gasteiger partial charge >= 0.3 is 17.9 Å². The second-order valence-electron chi connectivity index (χ2n) is 10.9. The highest BCUT2D eigenvalue weighted by molar-refractivity contribution is 5.89. The van der Waals surface area contributed by atoms with E-state index in [0.717, 1.165) is 11.1 Å². The summed E-state index contributed by atoms with van der Waals surface area (Å²) in [5.74, 6) is -3.85. The van der Waals surface area contributed by atoms with E-state index in [2.05, 4.69) is 0 Å². The maximum Gasteiger partial charge on any atom is 0.309 e. The first-order valence-electron chi connectivity index (χ1n) is 13.6. The van der Waals surface area contributed by atoms with Crippen molar-refractivity contribution in [1.82, 2.24) is 0 Å². The summed E-state index contributed by atoms with van der Waals surface area (Å²) in [6.07, 6.45) is -0.195. The number of hydrogen-bond donors (Lipinski definition) is 0. The molecule has 0 aliphatic heterocycles. The molecule has 216 valence electrons. The SMILES string of the molecule is CC(=O)CCC(CC(=O)OC(C)(C)C)C(=O)CC(CCC(=O)OCc1ccccc1)C(=O)OCc1ccccc1. The zero-order valence-electron chi connectivity index (χ0n) is 23.9. The van der Waals surface area contributed by atoms with Crippen molar-refractivity contribution in [1.29, 1.82) is 0 Å². The van der Waals surface area contributed by atoms with Gasteiger partial charge in [0.2, 0.25) is 0 Å². The van der Waals surface area contributed by atoms with Crippen LogP contribution in [0.15, 0.2) is 60.7 Å². The first-order chi connectivity index (χ1) is 18.9. The number of carbonyl (C=O) groups excluding carboxylic acids is 5. The standard InChI is InChI=1S/C32H40O8/c1-23(33)15-16-26(20-30(36)40-32(2,3)4)28(34)19-27(31(37)39-22-25-13-9-6-10-14-25)17-18-29(35)38-21-24-11-7-5-8-12-24/h5-14,26-27H,15-22H2,1-4H3. The molecule has 0 saturated heterocycles. The van der Waals surface area contributed by atoms with Crippen molar-refractivity contribution < 1.29 is 38.2 Å². The Hall–Kier alpha value is -3.81. The van der Waals surface area contributed by atoms with Gasteiger partial charge in [-0.25, -0.2) is 0 Å². The molecule has 0 fully saturated rings. The molecule has 0 radical (unpaired) electrons. The minimum atomic E-state index is -0.918. The monoisotopic (exact) mass is 552 g/mol. The molecule has 2 atom stereocenters. The third-order valence-electron chi connectivity index (χ3n) is 6.08. The van der Waals surface area contributed by atoms with Crippen LogP contribution < -0.4 is 0 Å². The number of hydrogen-bond acceptors (Lipinski definition) is 8. The zero-order chi connectivity index (χ0) is 29.5. The van der Waals surface area contributed by atoms with Gasteiger partial charge in [0.15, 0.2) is 0 Å². The summed E-state index contributed by atoms with van der Waals surface area (Å²) in [7, 11) is 0. The van der Waals surface area contributed by atoms with E-state index in [1.165, 1.54) is 6.92 Å². The lowest BCUT2D eigenvalue weighted by atomic mass is 9.86. The van der Waals surface area contributed by atoms with Crippen LogP contribution in [-0.4, -0.2) is 35.1 Å². The minimum Gasteiger partial charge on any atom is -0.461 e. The van der Waals surface area contributed by atoms with E-state index in [1.54, 1.807) is 20.8 Å². The summed E-state index contributed by atoms with van der Waals surface area (Å²) in [6.45, 7) is 6.73. The van der Waals surface area contributed by atoms with Crippen LogP contribution in [0.2, 0.25) is 0 Å². The molecular weight excluding hydrogens is 512 g/mol. The number of rotatable bonds is 16. The Morgan fingerprint density at radius 1 is 0.675 bits per heavy atom. The first-order valence-corrected chi connectivity index (χ1v) is 13.6. The third-order valence-corrected chi connectivity index (χ3v) is 6.08. The van der Waals surface area contributed by atoms with Crippen molar-refractivity contribution in [3.63, 3.8) is 0 Å². The fraction of sp³-hybridized carbons (Fsp3) is 0.469. The van der Waals surface area contributed by atoms with Gasteiger partial charge < -0.3 is 19.0 Å². The molecule has 2 aromatic carbocycles. The molecule has 2 unspecified atom stereocenters. The normalized spacial score (nSPS) is 12.6. The molecule has 2 aromatic rings. The number of ether oxygens (including phenoxy) is 3. The number of ketones is 2. The predicted octanol–water partition coefficient (Wildman–Crippen LogP) is 5.55. The fourth-order valence-electron chi connectivity index (χ4n) is 4.00. The summed E-state index contributed by atoms with van der Waals surface area (Å²) in [5, 5.41) is 0. The molecule has 0 bridgehead atoms. The van der Waals surface area contributed by atoms with Crippen LogP contribution in [0.4, 0.5) is 0 Å². The molecule has 8 heteroatoms. The Morgan fingerprint density at radius 3 is 1.73 bits per heavy atom. The highest BCUT2D eigenvalue weighted by Gasteiger charge is 2.31. The second-order valence-corrected chi connectivity index (χ2v) is 10.9. The van der Waals surface area contributed by atoms with E-state index in [9.17, 15) is 24.0 Å². The quantitative estimate of drug-likeness (QED) is 0.197. The summed E-state index contributed by atoms with van der Waals surface area (Å²) in [4.78, 5) is 63.0. The van der Waals surface area contributed by atoms with Crippen LogP contribution in [0.3, 0.4) is 0 Å². The van der Waals surface area contributed by atoms with Crippen molar-refractivity contribution in [2.24, 2.45) is 11.8 Å². The Labute approximate surface area is 236 Å². The summed E-state index contributed by atoms with van der Waals surface area (Å²) < 4.78 is 16.2. The molecule has 0 aromatic heterocycles. The van der Waals surface area contributed by atoms with Crippen molar-refractivity contribution in [2.75, 3.05) is 0 Å². The van der Waals surface area contributed by atoms with Crippen molar-refractivity contribution in [2.45, 2.75) is 85.0 Å². The average molecular weight is 553 g/mol. The first kappa shape index (κ1) is 32.4. The maximum atomic E-state index is 13.4. The van der Waals surface area contributed by atoms with Gasteiger partial charge in [-0.05, 0) is 51.7 Å².